The van der Waals surface area contributed by atoms with Gasteiger partial charge in [-0.05, 0) is 30.6 Å². The second kappa shape index (κ2) is 4.83. The molecule has 0 aromatic carbocycles. The molecule has 0 aliphatic heterocycles. The third kappa shape index (κ3) is 2.59. The van der Waals surface area contributed by atoms with Crippen LogP contribution < -0.4 is 0 Å². The summed E-state index contributed by atoms with van der Waals surface area (Å²) in [7, 11) is 0. The molecule has 0 radical (unpaired) electrons. The molecule has 0 aromatic heterocycles. The lowest BCUT2D eigenvalue weighted by Crippen LogP contribution is -2.32. The summed E-state index contributed by atoms with van der Waals surface area (Å²) in [5, 5.41) is 0. The van der Waals surface area contributed by atoms with E-state index >= 15 is 0 Å². The SMILES string of the molecule is C=C(C)C(C)C(C)(CC)C(C)CC. The van der Waals surface area contributed by atoms with Crippen molar-refractivity contribution in [1.82, 2.24) is 0 Å². The van der Waals surface area contributed by atoms with E-state index in [2.05, 4.69) is 48.1 Å². The molecule has 0 nitrogen and oxygen atoms in total. The maximum Gasteiger partial charge on any atom is -0.0181 e. The van der Waals surface area contributed by atoms with Crippen molar-refractivity contribution in [2.45, 2.75) is 54.4 Å². The minimum Gasteiger partial charge on any atom is -0.0999 e. The fourth-order valence-electron chi connectivity index (χ4n) is 2.11. The fraction of sp³-hybridized carbons (Fsp3) is 0.846. The van der Waals surface area contributed by atoms with Crippen LogP contribution in [0.2, 0.25) is 0 Å². The van der Waals surface area contributed by atoms with Gasteiger partial charge in [0, 0.05) is 0 Å². The van der Waals surface area contributed by atoms with Gasteiger partial charge in [0.25, 0.3) is 0 Å². The zero-order valence-corrected chi connectivity index (χ0v) is 10.3. The van der Waals surface area contributed by atoms with Gasteiger partial charge in [-0.2, -0.15) is 0 Å². The van der Waals surface area contributed by atoms with Crippen molar-refractivity contribution in [3.8, 4) is 0 Å². The molecule has 13 heavy (non-hydrogen) atoms. The molecule has 0 heteroatoms. The average molecular weight is 182 g/mol. The molecule has 0 fully saturated rings. The minimum absolute atomic E-state index is 0.431. The lowest BCUT2D eigenvalue weighted by atomic mass is 9.65. The first kappa shape index (κ1) is 12.7. The molecule has 0 spiro atoms. The summed E-state index contributed by atoms with van der Waals surface area (Å²) in [6, 6.07) is 0. The zero-order chi connectivity index (χ0) is 10.6. The van der Waals surface area contributed by atoms with E-state index in [4.69, 9.17) is 0 Å². The van der Waals surface area contributed by atoms with Crippen LogP contribution >= 0.6 is 0 Å². The summed E-state index contributed by atoms with van der Waals surface area (Å²) in [6.07, 6.45) is 2.51. The predicted octanol–water partition coefficient (Wildman–Crippen LogP) is 4.66. The van der Waals surface area contributed by atoms with E-state index in [1.165, 1.54) is 18.4 Å². The first-order valence-electron chi connectivity index (χ1n) is 5.55. The molecule has 0 bridgehead atoms. The van der Waals surface area contributed by atoms with Gasteiger partial charge in [-0.15, -0.1) is 0 Å². The Morgan fingerprint density at radius 1 is 1.31 bits per heavy atom. The lowest BCUT2D eigenvalue weighted by molar-refractivity contribution is 0.126. The van der Waals surface area contributed by atoms with E-state index < -0.39 is 0 Å². The Bertz CT molecular complexity index is 169. The molecule has 78 valence electrons. The zero-order valence-electron chi connectivity index (χ0n) is 10.3. The quantitative estimate of drug-likeness (QED) is 0.542. The van der Waals surface area contributed by atoms with E-state index in [0.29, 0.717) is 11.3 Å². The lowest BCUT2D eigenvalue weighted by Gasteiger charge is -2.40. The van der Waals surface area contributed by atoms with Crippen LogP contribution in [0.25, 0.3) is 0 Å². The number of allylic oxidation sites excluding steroid dienone is 1. The standard InChI is InChI=1S/C13H26/c1-8-11(5)13(7,9-2)12(6)10(3)4/h11-12H,3,8-9H2,1-2,4-7H3. The molecule has 0 saturated carbocycles. The van der Waals surface area contributed by atoms with Crippen molar-refractivity contribution in [2.75, 3.05) is 0 Å². The van der Waals surface area contributed by atoms with Crippen LogP contribution in [0.15, 0.2) is 12.2 Å². The smallest absolute Gasteiger partial charge is 0.0181 e. The third-order valence-electron chi connectivity index (χ3n) is 4.23. The van der Waals surface area contributed by atoms with Gasteiger partial charge >= 0.3 is 0 Å². The molecule has 0 aromatic rings. The highest BCUT2D eigenvalue weighted by atomic mass is 14.4. The van der Waals surface area contributed by atoms with Gasteiger partial charge in [0.2, 0.25) is 0 Å². The van der Waals surface area contributed by atoms with Crippen LogP contribution in [0.5, 0.6) is 0 Å². The topological polar surface area (TPSA) is 0 Å². The summed E-state index contributed by atoms with van der Waals surface area (Å²) in [4.78, 5) is 0. The van der Waals surface area contributed by atoms with E-state index in [1.54, 1.807) is 0 Å². The molecule has 0 aliphatic carbocycles. The first-order valence-corrected chi connectivity index (χ1v) is 5.55. The minimum atomic E-state index is 0.431. The van der Waals surface area contributed by atoms with Crippen LogP contribution in [0.4, 0.5) is 0 Å². The fourth-order valence-corrected chi connectivity index (χ4v) is 2.11. The molecular formula is C13H26. The molecule has 3 atom stereocenters. The molecule has 3 unspecified atom stereocenters. The molecule has 0 rings (SSSR count). The second-order valence-electron chi connectivity index (χ2n) is 4.74. The van der Waals surface area contributed by atoms with Crippen LogP contribution in [-0.2, 0) is 0 Å². The third-order valence-corrected chi connectivity index (χ3v) is 4.23. The van der Waals surface area contributed by atoms with Crippen molar-refractivity contribution < 1.29 is 0 Å². The van der Waals surface area contributed by atoms with Crippen LogP contribution in [0.3, 0.4) is 0 Å². The number of rotatable bonds is 5. The van der Waals surface area contributed by atoms with Gasteiger partial charge in [-0.25, -0.2) is 0 Å². The maximum absolute atomic E-state index is 4.09. The van der Waals surface area contributed by atoms with Crippen molar-refractivity contribution in [1.29, 1.82) is 0 Å². The highest BCUT2D eigenvalue weighted by Crippen LogP contribution is 2.43. The Kier molecular flexibility index (Phi) is 4.74. The molecule has 0 amide bonds. The Hall–Kier alpha value is -0.260. The van der Waals surface area contributed by atoms with E-state index in [0.717, 1.165) is 5.92 Å². The highest BCUT2D eigenvalue weighted by Gasteiger charge is 2.34. The van der Waals surface area contributed by atoms with Crippen LogP contribution in [0, 0.1) is 17.3 Å². The van der Waals surface area contributed by atoms with Gasteiger partial charge in [-0.3, -0.25) is 0 Å². The highest BCUT2D eigenvalue weighted by molar-refractivity contribution is 5.02. The van der Waals surface area contributed by atoms with Crippen molar-refractivity contribution >= 4 is 0 Å². The molecule has 0 aliphatic rings. The van der Waals surface area contributed by atoms with Crippen LogP contribution in [-0.4, -0.2) is 0 Å². The largest absolute Gasteiger partial charge is 0.0999 e. The van der Waals surface area contributed by atoms with Crippen LogP contribution in [0.1, 0.15) is 54.4 Å². The summed E-state index contributed by atoms with van der Waals surface area (Å²) in [5.41, 5.74) is 1.75. The van der Waals surface area contributed by atoms with Crippen molar-refractivity contribution in [2.24, 2.45) is 17.3 Å². The maximum atomic E-state index is 4.09. The molecule has 0 heterocycles. The summed E-state index contributed by atoms with van der Waals surface area (Å²) >= 11 is 0. The summed E-state index contributed by atoms with van der Waals surface area (Å²) < 4.78 is 0. The van der Waals surface area contributed by atoms with Gasteiger partial charge in [0.1, 0.15) is 0 Å². The van der Waals surface area contributed by atoms with Gasteiger partial charge < -0.3 is 0 Å². The molecule has 0 N–H and O–H groups in total. The van der Waals surface area contributed by atoms with Gasteiger partial charge in [-0.1, -0.05) is 53.2 Å². The summed E-state index contributed by atoms with van der Waals surface area (Å²) in [6.45, 7) is 17.9. The Labute approximate surface area is 84.4 Å². The molecular weight excluding hydrogens is 156 g/mol. The van der Waals surface area contributed by atoms with Crippen molar-refractivity contribution in [3.63, 3.8) is 0 Å². The van der Waals surface area contributed by atoms with Crippen molar-refractivity contribution in [3.05, 3.63) is 12.2 Å². The first-order chi connectivity index (χ1) is 5.90. The average Bonchev–Trinajstić information content (AvgIpc) is 2.13. The van der Waals surface area contributed by atoms with E-state index in [1.807, 2.05) is 0 Å². The second-order valence-corrected chi connectivity index (χ2v) is 4.74. The molecule has 0 saturated heterocycles. The Morgan fingerprint density at radius 2 is 1.77 bits per heavy atom. The van der Waals surface area contributed by atoms with E-state index in [-0.39, 0.29) is 0 Å². The normalized spacial score (nSPS) is 20.5. The van der Waals surface area contributed by atoms with Gasteiger partial charge in [0.05, 0.1) is 0 Å². The monoisotopic (exact) mass is 182 g/mol. The van der Waals surface area contributed by atoms with Gasteiger partial charge in [0.15, 0.2) is 0 Å². The summed E-state index contributed by atoms with van der Waals surface area (Å²) in [5.74, 6) is 1.41. The Morgan fingerprint density at radius 3 is 2.00 bits per heavy atom. The predicted molar refractivity (Wildman–Crippen MR) is 61.8 cm³/mol. The van der Waals surface area contributed by atoms with E-state index in [9.17, 15) is 0 Å². The Balaban J connectivity index is 4.71. The number of hydrogen-bond donors (Lipinski definition) is 0. The number of hydrogen-bond acceptors (Lipinski definition) is 0.